The minimum absolute atomic E-state index is 0. The molecule has 3 rings (SSSR count). The second-order valence-corrected chi connectivity index (χ2v) is 4.03. The Balaban J connectivity index is 0.000000265. The van der Waals surface area contributed by atoms with Gasteiger partial charge in [0.2, 0.25) is 0 Å². The number of carboxylic acid groups (broad SMARTS) is 1. The molecule has 0 aromatic heterocycles. The van der Waals surface area contributed by atoms with Gasteiger partial charge in [0.25, 0.3) is 0 Å². The van der Waals surface area contributed by atoms with Crippen molar-refractivity contribution in [2.24, 2.45) is 0 Å². The van der Waals surface area contributed by atoms with Gasteiger partial charge < -0.3 is 5.11 Å². The SMILES string of the molecule is C=CC(=O)O.[SiH4].c1ccc2c(c1)Cc1ccccc1-2. The van der Waals surface area contributed by atoms with Crippen LogP contribution in [0.4, 0.5) is 0 Å². The summed E-state index contributed by atoms with van der Waals surface area (Å²) in [5.74, 6) is -0.981. The lowest BCUT2D eigenvalue weighted by Crippen LogP contribution is -1.82. The van der Waals surface area contributed by atoms with Crippen molar-refractivity contribution in [2.45, 2.75) is 6.42 Å². The number of carbonyl (C=O) groups is 1. The van der Waals surface area contributed by atoms with Crippen molar-refractivity contribution in [1.29, 1.82) is 0 Å². The van der Waals surface area contributed by atoms with Crippen molar-refractivity contribution in [2.75, 3.05) is 0 Å². The molecule has 1 aliphatic carbocycles. The van der Waals surface area contributed by atoms with Crippen LogP contribution in [-0.2, 0) is 11.2 Å². The van der Waals surface area contributed by atoms with Crippen LogP contribution in [-0.4, -0.2) is 22.0 Å². The van der Waals surface area contributed by atoms with Gasteiger partial charge in [0, 0.05) is 6.08 Å². The smallest absolute Gasteiger partial charge is 0.327 e. The largest absolute Gasteiger partial charge is 0.478 e. The summed E-state index contributed by atoms with van der Waals surface area (Å²) in [5, 5.41) is 7.60. The predicted molar refractivity (Wildman–Crippen MR) is 83.9 cm³/mol. The quantitative estimate of drug-likeness (QED) is 0.543. The molecule has 0 heterocycles. The van der Waals surface area contributed by atoms with E-state index in [1.54, 1.807) is 0 Å². The first-order valence-corrected chi connectivity index (χ1v) is 5.74. The second kappa shape index (κ2) is 6.71. The van der Waals surface area contributed by atoms with Gasteiger partial charge in [-0.2, -0.15) is 0 Å². The van der Waals surface area contributed by atoms with Crippen molar-refractivity contribution < 1.29 is 9.90 Å². The van der Waals surface area contributed by atoms with Gasteiger partial charge in [-0.1, -0.05) is 55.1 Å². The molecule has 98 valence electrons. The highest BCUT2D eigenvalue weighted by atomic mass is 28.1. The Bertz CT molecular complexity index is 547. The highest BCUT2D eigenvalue weighted by Crippen LogP contribution is 2.35. The lowest BCUT2D eigenvalue weighted by Gasteiger charge is -1.98. The zero-order valence-electron chi connectivity index (χ0n) is 9.97. The average Bonchev–Trinajstić information content (AvgIpc) is 2.78. The molecule has 0 bridgehead atoms. The Hall–Kier alpha value is -2.13. The predicted octanol–water partition coefficient (Wildman–Crippen LogP) is 2.06. The van der Waals surface area contributed by atoms with Crippen LogP contribution in [0.1, 0.15) is 11.1 Å². The van der Waals surface area contributed by atoms with Crippen LogP contribution in [0, 0.1) is 0 Å². The van der Waals surface area contributed by atoms with Crippen LogP contribution < -0.4 is 0 Å². The fraction of sp³-hybridized carbons (Fsp3) is 0.0625. The summed E-state index contributed by atoms with van der Waals surface area (Å²) < 4.78 is 0. The third-order valence-electron chi connectivity index (χ3n) is 2.88. The normalized spacial score (nSPS) is 10.1. The topological polar surface area (TPSA) is 37.3 Å². The van der Waals surface area contributed by atoms with Gasteiger partial charge in [-0.05, 0) is 39.6 Å². The van der Waals surface area contributed by atoms with Gasteiger partial charge in [0.05, 0.1) is 0 Å². The summed E-state index contributed by atoms with van der Waals surface area (Å²) >= 11 is 0. The third-order valence-corrected chi connectivity index (χ3v) is 2.88. The van der Waals surface area contributed by atoms with E-state index >= 15 is 0 Å². The van der Waals surface area contributed by atoms with Gasteiger partial charge >= 0.3 is 5.97 Å². The van der Waals surface area contributed by atoms with E-state index in [0.717, 1.165) is 12.5 Å². The monoisotopic (exact) mass is 270 g/mol. The maximum absolute atomic E-state index is 9.25. The molecule has 2 nitrogen and oxygen atoms in total. The molecule has 0 fully saturated rings. The second-order valence-electron chi connectivity index (χ2n) is 4.03. The highest BCUT2D eigenvalue weighted by molar-refractivity contribution is 5.78. The number of rotatable bonds is 1. The van der Waals surface area contributed by atoms with Crippen molar-refractivity contribution in [3.05, 3.63) is 72.3 Å². The molecule has 0 saturated heterocycles. The number of hydrogen-bond donors (Lipinski definition) is 1. The molecule has 0 unspecified atom stereocenters. The molecular formula is C16H18O2Si. The first-order chi connectivity index (χ1) is 8.72. The fourth-order valence-corrected chi connectivity index (χ4v) is 2.08. The Kier molecular flexibility index (Phi) is 5.27. The van der Waals surface area contributed by atoms with E-state index < -0.39 is 5.97 Å². The maximum atomic E-state index is 9.25. The summed E-state index contributed by atoms with van der Waals surface area (Å²) in [6.07, 6.45) is 1.94. The van der Waals surface area contributed by atoms with Crippen LogP contribution in [0.15, 0.2) is 61.2 Å². The lowest BCUT2D eigenvalue weighted by molar-refractivity contribution is -0.131. The minimum Gasteiger partial charge on any atom is -0.478 e. The Morgan fingerprint density at radius 3 is 1.74 bits per heavy atom. The van der Waals surface area contributed by atoms with Gasteiger partial charge in [-0.3, -0.25) is 0 Å². The van der Waals surface area contributed by atoms with Gasteiger partial charge in [-0.25, -0.2) is 4.79 Å². The zero-order valence-corrected chi connectivity index (χ0v) is 9.97. The Morgan fingerprint density at radius 2 is 1.37 bits per heavy atom. The summed E-state index contributed by atoms with van der Waals surface area (Å²) in [6, 6.07) is 17.3. The molecule has 0 atom stereocenters. The molecule has 0 amide bonds. The third kappa shape index (κ3) is 3.42. The summed E-state index contributed by atoms with van der Waals surface area (Å²) in [5.41, 5.74) is 5.75. The van der Waals surface area contributed by atoms with E-state index in [9.17, 15) is 4.79 Å². The molecule has 0 aliphatic heterocycles. The molecule has 2 aromatic rings. The zero-order chi connectivity index (χ0) is 13.0. The highest BCUT2D eigenvalue weighted by Gasteiger charge is 2.15. The van der Waals surface area contributed by atoms with E-state index in [0.29, 0.717) is 0 Å². The molecule has 0 radical (unpaired) electrons. The van der Waals surface area contributed by atoms with Crippen LogP contribution in [0.5, 0.6) is 0 Å². The molecule has 19 heavy (non-hydrogen) atoms. The molecule has 1 N–H and O–H groups in total. The van der Waals surface area contributed by atoms with Crippen molar-refractivity contribution >= 4 is 16.9 Å². The number of benzene rings is 2. The Morgan fingerprint density at radius 1 is 1.00 bits per heavy atom. The van der Waals surface area contributed by atoms with Crippen molar-refractivity contribution in [3.8, 4) is 11.1 Å². The van der Waals surface area contributed by atoms with Crippen molar-refractivity contribution in [1.82, 2.24) is 0 Å². The average molecular weight is 270 g/mol. The van der Waals surface area contributed by atoms with Gasteiger partial charge in [0.1, 0.15) is 0 Å². The standard InChI is InChI=1S/C13H10.C3H4O2.H4Si/c1-3-7-12-10(5-1)9-11-6-2-4-8-13(11)12;1-2-3(4)5;/h1-8H,9H2;2H,1H2,(H,4,5);1H4. The van der Waals surface area contributed by atoms with Crippen LogP contribution >= 0.6 is 0 Å². The number of aliphatic carboxylic acids is 1. The molecule has 2 aromatic carbocycles. The summed E-state index contributed by atoms with van der Waals surface area (Å²) in [6.45, 7) is 2.96. The van der Waals surface area contributed by atoms with E-state index in [-0.39, 0.29) is 11.0 Å². The molecule has 0 saturated carbocycles. The summed E-state index contributed by atoms with van der Waals surface area (Å²) in [7, 11) is 0. The minimum atomic E-state index is -0.981. The maximum Gasteiger partial charge on any atom is 0.327 e. The Labute approximate surface area is 117 Å². The first kappa shape index (κ1) is 14.9. The van der Waals surface area contributed by atoms with E-state index in [4.69, 9.17) is 5.11 Å². The van der Waals surface area contributed by atoms with Crippen LogP contribution in [0.2, 0.25) is 0 Å². The molecule has 1 aliphatic rings. The summed E-state index contributed by atoms with van der Waals surface area (Å²) in [4.78, 5) is 9.25. The number of carboxylic acids is 1. The van der Waals surface area contributed by atoms with Gasteiger partial charge in [0.15, 0.2) is 0 Å². The van der Waals surface area contributed by atoms with E-state index in [1.807, 2.05) is 0 Å². The van der Waals surface area contributed by atoms with Crippen LogP contribution in [0.3, 0.4) is 0 Å². The van der Waals surface area contributed by atoms with E-state index in [1.165, 1.54) is 22.3 Å². The van der Waals surface area contributed by atoms with Crippen molar-refractivity contribution in [3.63, 3.8) is 0 Å². The number of hydrogen-bond acceptors (Lipinski definition) is 1. The van der Waals surface area contributed by atoms with Gasteiger partial charge in [-0.15, -0.1) is 0 Å². The first-order valence-electron chi connectivity index (χ1n) is 5.74. The molecular weight excluding hydrogens is 252 g/mol. The van der Waals surface area contributed by atoms with E-state index in [2.05, 4.69) is 55.1 Å². The fourth-order valence-electron chi connectivity index (χ4n) is 2.08. The number of fused-ring (bicyclic) bond motifs is 3. The van der Waals surface area contributed by atoms with Crippen LogP contribution in [0.25, 0.3) is 11.1 Å². The molecule has 3 heteroatoms. The lowest BCUT2D eigenvalue weighted by atomic mass is 10.1. The molecule has 0 spiro atoms.